The van der Waals surface area contributed by atoms with Gasteiger partial charge < -0.3 is 19.8 Å². The van der Waals surface area contributed by atoms with Gasteiger partial charge in [0, 0.05) is 32.9 Å². The molecule has 0 bridgehead atoms. The second-order valence-corrected chi connectivity index (χ2v) is 9.22. The summed E-state index contributed by atoms with van der Waals surface area (Å²) in [7, 11) is 3.74. The summed E-state index contributed by atoms with van der Waals surface area (Å²) in [6.07, 6.45) is -1.91. The molecule has 1 saturated heterocycles. The third-order valence-electron chi connectivity index (χ3n) is 6.21. The van der Waals surface area contributed by atoms with Crippen molar-refractivity contribution in [3.8, 4) is 0 Å². The highest BCUT2D eigenvalue weighted by molar-refractivity contribution is 5.76. The topological polar surface area (TPSA) is 104 Å². The van der Waals surface area contributed by atoms with Gasteiger partial charge in [-0.25, -0.2) is 4.68 Å². The van der Waals surface area contributed by atoms with Crippen LogP contribution in [-0.2, 0) is 35.7 Å². The molecule has 1 aromatic heterocycles. The van der Waals surface area contributed by atoms with E-state index in [-0.39, 0.29) is 18.9 Å². The van der Waals surface area contributed by atoms with Gasteiger partial charge in [0.2, 0.25) is 5.91 Å². The molecule has 1 aliphatic heterocycles. The molecule has 4 atom stereocenters. The Morgan fingerprint density at radius 3 is 2.17 bits per heavy atom. The van der Waals surface area contributed by atoms with Crippen LogP contribution in [0.3, 0.4) is 0 Å². The fourth-order valence-electron chi connectivity index (χ4n) is 4.33. The number of carbonyl (C=O) groups is 1. The maximum atomic E-state index is 12.7. The third kappa shape index (κ3) is 6.73. The van der Waals surface area contributed by atoms with Gasteiger partial charge in [0.05, 0.1) is 24.8 Å². The fourth-order valence-corrected chi connectivity index (χ4v) is 4.33. The lowest BCUT2D eigenvalue weighted by molar-refractivity contribution is -0.134. The highest BCUT2D eigenvalue weighted by Gasteiger charge is 2.43. The molecule has 9 nitrogen and oxygen atoms in total. The molecule has 35 heavy (non-hydrogen) atoms. The SMILES string of the molecule is CN(Cc1ccccc1)Cc1cn(C[C@@H]2O[C@@H](CC(=O)N(C)Cc3ccccc3)[C@H](O)[C@@H]2O)nn1. The molecule has 2 aromatic carbocycles. The molecule has 4 rings (SSSR count). The minimum atomic E-state index is -1.14. The van der Waals surface area contributed by atoms with Crippen LogP contribution >= 0.6 is 0 Å². The summed E-state index contributed by atoms with van der Waals surface area (Å²) in [6.45, 7) is 2.11. The van der Waals surface area contributed by atoms with Gasteiger partial charge >= 0.3 is 0 Å². The number of rotatable bonds is 10. The Balaban J connectivity index is 1.28. The van der Waals surface area contributed by atoms with Crippen molar-refractivity contribution in [1.82, 2.24) is 24.8 Å². The predicted molar refractivity (Wildman–Crippen MR) is 130 cm³/mol. The van der Waals surface area contributed by atoms with Gasteiger partial charge in [-0.15, -0.1) is 5.10 Å². The number of ether oxygens (including phenoxy) is 1. The first kappa shape index (κ1) is 25.0. The van der Waals surface area contributed by atoms with Gasteiger partial charge in [-0.1, -0.05) is 65.9 Å². The van der Waals surface area contributed by atoms with E-state index in [1.165, 1.54) is 5.56 Å². The van der Waals surface area contributed by atoms with E-state index in [4.69, 9.17) is 4.74 Å². The average Bonchev–Trinajstić information content (AvgIpc) is 3.39. The van der Waals surface area contributed by atoms with Crippen molar-refractivity contribution in [3.05, 3.63) is 83.7 Å². The molecular formula is C26H33N5O4. The molecule has 0 spiro atoms. The van der Waals surface area contributed by atoms with Gasteiger partial charge in [0.1, 0.15) is 18.3 Å². The fraction of sp³-hybridized carbons (Fsp3) is 0.423. The summed E-state index contributed by atoms with van der Waals surface area (Å²) in [5.41, 5.74) is 3.03. The normalized spacial score (nSPS) is 22.0. The van der Waals surface area contributed by atoms with Gasteiger partial charge in [-0.2, -0.15) is 0 Å². The zero-order valence-electron chi connectivity index (χ0n) is 20.1. The zero-order chi connectivity index (χ0) is 24.8. The second-order valence-electron chi connectivity index (χ2n) is 9.22. The Morgan fingerprint density at radius 2 is 1.51 bits per heavy atom. The van der Waals surface area contributed by atoms with Crippen molar-refractivity contribution in [3.63, 3.8) is 0 Å². The number of hydrogen-bond donors (Lipinski definition) is 2. The molecule has 2 heterocycles. The standard InChI is InChI=1S/C26H33N5O4/c1-29(14-19-9-5-3-6-10-19)16-21-17-31(28-27-21)18-23-26(34)25(33)22(35-23)13-24(32)30(2)15-20-11-7-4-8-12-20/h3-12,17,22-23,25-26,33-34H,13-16,18H2,1-2H3/t22-,23-,25-,26+/m0/s1. The van der Waals surface area contributed by atoms with Crippen LogP contribution in [-0.4, -0.2) is 79.4 Å². The molecule has 0 radical (unpaired) electrons. The van der Waals surface area contributed by atoms with E-state index in [1.54, 1.807) is 16.6 Å². The molecule has 186 valence electrons. The van der Waals surface area contributed by atoms with Gasteiger partial charge in [-0.3, -0.25) is 9.69 Å². The van der Waals surface area contributed by atoms with Crippen LogP contribution in [0.4, 0.5) is 0 Å². The minimum Gasteiger partial charge on any atom is -0.388 e. The number of carbonyl (C=O) groups excluding carboxylic acids is 1. The van der Waals surface area contributed by atoms with E-state index in [1.807, 2.05) is 61.8 Å². The van der Waals surface area contributed by atoms with Crippen LogP contribution < -0.4 is 0 Å². The van der Waals surface area contributed by atoms with E-state index in [0.29, 0.717) is 13.1 Å². The van der Waals surface area contributed by atoms with Crippen molar-refractivity contribution >= 4 is 5.91 Å². The first-order chi connectivity index (χ1) is 16.9. The number of aliphatic hydroxyl groups excluding tert-OH is 2. The van der Waals surface area contributed by atoms with Crippen molar-refractivity contribution in [2.24, 2.45) is 0 Å². The van der Waals surface area contributed by atoms with Crippen molar-refractivity contribution in [1.29, 1.82) is 0 Å². The molecule has 3 aromatic rings. The van der Waals surface area contributed by atoms with Crippen LogP contribution in [0.2, 0.25) is 0 Å². The molecule has 1 aliphatic rings. The lowest BCUT2D eigenvalue weighted by Crippen LogP contribution is -2.36. The minimum absolute atomic E-state index is 0.00898. The Bertz CT molecular complexity index is 1080. The summed E-state index contributed by atoms with van der Waals surface area (Å²) < 4.78 is 7.49. The van der Waals surface area contributed by atoms with Crippen molar-refractivity contribution in [2.45, 2.75) is 57.0 Å². The number of nitrogens with zero attached hydrogens (tertiary/aromatic N) is 5. The van der Waals surface area contributed by atoms with Crippen LogP contribution in [0.1, 0.15) is 23.2 Å². The monoisotopic (exact) mass is 479 g/mol. The molecule has 0 unspecified atom stereocenters. The van der Waals surface area contributed by atoms with Crippen LogP contribution in [0, 0.1) is 0 Å². The Labute approximate surface area is 205 Å². The third-order valence-corrected chi connectivity index (χ3v) is 6.21. The smallest absolute Gasteiger partial charge is 0.225 e. The Morgan fingerprint density at radius 1 is 0.914 bits per heavy atom. The predicted octanol–water partition coefficient (Wildman–Crippen LogP) is 1.45. The number of benzene rings is 2. The lowest BCUT2D eigenvalue weighted by Gasteiger charge is -2.21. The quantitative estimate of drug-likeness (QED) is 0.454. The number of aromatic nitrogens is 3. The van der Waals surface area contributed by atoms with E-state index >= 15 is 0 Å². The van der Waals surface area contributed by atoms with Crippen molar-refractivity contribution in [2.75, 3.05) is 14.1 Å². The highest BCUT2D eigenvalue weighted by atomic mass is 16.5. The molecule has 2 N–H and O–H groups in total. The Hall–Kier alpha value is -3.11. The number of hydrogen-bond acceptors (Lipinski definition) is 7. The Kier molecular flexibility index (Phi) is 8.25. The summed E-state index contributed by atoms with van der Waals surface area (Å²) >= 11 is 0. The maximum Gasteiger partial charge on any atom is 0.225 e. The molecule has 1 amide bonds. The van der Waals surface area contributed by atoms with Crippen molar-refractivity contribution < 1.29 is 19.7 Å². The van der Waals surface area contributed by atoms with E-state index in [2.05, 4.69) is 27.3 Å². The number of amides is 1. The highest BCUT2D eigenvalue weighted by Crippen LogP contribution is 2.25. The van der Waals surface area contributed by atoms with Gasteiger partial charge in [0.25, 0.3) is 0 Å². The van der Waals surface area contributed by atoms with Crippen LogP contribution in [0.25, 0.3) is 0 Å². The zero-order valence-corrected chi connectivity index (χ0v) is 20.1. The maximum absolute atomic E-state index is 12.7. The molecule has 0 saturated carbocycles. The molecule has 9 heteroatoms. The lowest BCUT2D eigenvalue weighted by atomic mass is 10.0. The molecule has 0 aliphatic carbocycles. The summed E-state index contributed by atoms with van der Waals surface area (Å²) in [4.78, 5) is 16.4. The van der Waals surface area contributed by atoms with E-state index in [9.17, 15) is 15.0 Å². The second kappa shape index (κ2) is 11.5. The van der Waals surface area contributed by atoms with Crippen LogP contribution in [0.5, 0.6) is 0 Å². The largest absolute Gasteiger partial charge is 0.388 e. The first-order valence-electron chi connectivity index (χ1n) is 11.8. The van der Waals surface area contributed by atoms with Gasteiger partial charge in [-0.05, 0) is 18.2 Å². The molecule has 1 fully saturated rings. The average molecular weight is 480 g/mol. The van der Waals surface area contributed by atoms with E-state index in [0.717, 1.165) is 17.8 Å². The summed E-state index contributed by atoms with van der Waals surface area (Å²) in [6, 6.07) is 19.9. The first-order valence-corrected chi connectivity index (χ1v) is 11.8. The summed E-state index contributed by atoms with van der Waals surface area (Å²) in [5, 5.41) is 29.4. The molecular weight excluding hydrogens is 446 g/mol. The number of aliphatic hydroxyl groups is 2. The van der Waals surface area contributed by atoms with Crippen LogP contribution in [0.15, 0.2) is 66.9 Å². The summed E-state index contributed by atoms with van der Waals surface area (Å²) in [5.74, 6) is -0.157. The van der Waals surface area contributed by atoms with Gasteiger partial charge in [0.15, 0.2) is 0 Å². The van der Waals surface area contributed by atoms with E-state index < -0.39 is 24.4 Å².